The minimum absolute atomic E-state index is 0.122. The molecule has 0 N–H and O–H groups in total. The van der Waals surface area contributed by atoms with Crippen LogP contribution in [0.3, 0.4) is 0 Å². The van der Waals surface area contributed by atoms with Crippen LogP contribution in [0.25, 0.3) is 5.57 Å². The topological polar surface area (TPSA) is 0 Å². The molecule has 0 aromatic heterocycles. The zero-order valence-corrected chi connectivity index (χ0v) is 14.8. The lowest BCUT2D eigenvalue weighted by Crippen LogP contribution is -2.22. The summed E-state index contributed by atoms with van der Waals surface area (Å²) in [4.78, 5) is 0. The summed E-state index contributed by atoms with van der Waals surface area (Å²) in [5, 5.41) is 0. The average molecular weight is 312 g/mol. The lowest BCUT2D eigenvalue weighted by molar-refractivity contribution is 0.348. The van der Waals surface area contributed by atoms with E-state index in [2.05, 4.69) is 26.5 Å². The lowest BCUT2D eigenvalue weighted by atomic mass is 9.69. The van der Waals surface area contributed by atoms with Crippen molar-refractivity contribution >= 4 is 5.57 Å². The van der Waals surface area contributed by atoms with E-state index in [9.17, 15) is 4.39 Å². The van der Waals surface area contributed by atoms with Crippen molar-refractivity contribution in [3.8, 4) is 0 Å². The fourth-order valence-corrected chi connectivity index (χ4v) is 4.54. The van der Waals surface area contributed by atoms with Gasteiger partial charge in [-0.2, -0.15) is 0 Å². The molecule has 1 aromatic rings. The van der Waals surface area contributed by atoms with Gasteiger partial charge in [-0.15, -0.1) is 0 Å². The summed E-state index contributed by atoms with van der Waals surface area (Å²) in [6.45, 7) is 10.4. The molecule has 23 heavy (non-hydrogen) atoms. The molecule has 2 aliphatic rings. The van der Waals surface area contributed by atoms with Crippen molar-refractivity contribution in [2.75, 3.05) is 0 Å². The van der Waals surface area contributed by atoms with Gasteiger partial charge in [-0.05, 0) is 80.4 Å². The molecule has 3 rings (SSSR count). The molecule has 1 aromatic carbocycles. The molecule has 0 amide bonds. The van der Waals surface area contributed by atoms with E-state index in [0.717, 1.165) is 17.1 Å². The highest BCUT2D eigenvalue weighted by molar-refractivity contribution is 5.62. The molecular formula is C22H29F. The number of hydrogen-bond donors (Lipinski definition) is 0. The van der Waals surface area contributed by atoms with Crippen LogP contribution in [0.1, 0.15) is 76.3 Å². The SMILES string of the molecule is C=C(C)c1ccc(C(C)C2CCC3=C(C2)C(C)CCC3)cc1F. The highest BCUT2D eigenvalue weighted by Gasteiger charge is 2.30. The maximum Gasteiger partial charge on any atom is 0.130 e. The van der Waals surface area contributed by atoms with Crippen molar-refractivity contribution in [1.29, 1.82) is 0 Å². The molecule has 1 heteroatoms. The van der Waals surface area contributed by atoms with Gasteiger partial charge in [-0.1, -0.05) is 43.7 Å². The number of halogens is 1. The van der Waals surface area contributed by atoms with Crippen LogP contribution in [0.15, 0.2) is 35.9 Å². The second-order valence-electron chi connectivity index (χ2n) is 7.73. The molecule has 0 bridgehead atoms. The molecule has 0 saturated heterocycles. The van der Waals surface area contributed by atoms with Gasteiger partial charge in [0.05, 0.1) is 0 Å². The van der Waals surface area contributed by atoms with E-state index in [1.165, 1.54) is 38.5 Å². The molecule has 0 radical (unpaired) electrons. The minimum Gasteiger partial charge on any atom is -0.206 e. The van der Waals surface area contributed by atoms with Gasteiger partial charge < -0.3 is 0 Å². The van der Waals surface area contributed by atoms with E-state index >= 15 is 0 Å². The third kappa shape index (κ3) is 3.29. The second kappa shape index (κ2) is 6.63. The van der Waals surface area contributed by atoms with Gasteiger partial charge in [-0.25, -0.2) is 4.39 Å². The van der Waals surface area contributed by atoms with Gasteiger partial charge >= 0.3 is 0 Å². The molecule has 124 valence electrons. The van der Waals surface area contributed by atoms with E-state index < -0.39 is 0 Å². The third-order valence-corrected chi connectivity index (χ3v) is 6.15. The summed E-state index contributed by atoms with van der Waals surface area (Å²) < 4.78 is 14.3. The number of benzene rings is 1. The molecule has 0 spiro atoms. The molecule has 0 saturated carbocycles. The van der Waals surface area contributed by atoms with E-state index in [0.29, 0.717) is 17.4 Å². The highest BCUT2D eigenvalue weighted by Crippen LogP contribution is 2.45. The first-order valence-electron chi connectivity index (χ1n) is 9.13. The monoisotopic (exact) mass is 312 g/mol. The Hall–Kier alpha value is -1.37. The Morgan fingerprint density at radius 3 is 2.74 bits per heavy atom. The van der Waals surface area contributed by atoms with Crippen molar-refractivity contribution in [1.82, 2.24) is 0 Å². The third-order valence-electron chi connectivity index (χ3n) is 6.15. The average Bonchev–Trinajstić information content (AvgIpc) is 2.54. The summed E-state index contributed by atoms with van der Waals surface area (Å²) in [7, 11) is 0. The molecule has 3 atom stereocenters. The predicted molar refractivity (Wildman–Crippen MR) is 96.9 cm³/mol. The van der Waals surface area contributed by atoms with Crippen molar-refractivity contribution in [2.24, 2.45) is 11.8 Å². The lowest BCUT2D eigenvalue weighted by Gasteiger charge is -2.36. The van der Waals surface area contributed by atoms with Gasteiger partial charge in [0, 0.05) is 5.56 Å². The van der Waals surface area contributed by atoms with E-state index in [4.69, 9.17) is 0 Å². The normalized spacial score (nSPS) is 25.9. The van der Waals surface area contributed by atoms with Gasteiger partial charge in [0.1, 0.15) is 5.82 Å². The van der Waals surface area contributed by atoms with Crippen LogP contribution in [0.5, 0.6) is 0 Å². The smallest absolute Gasteiger partial charge is 0.130 e. The molecule has 2 aliphatic carbocycles. The van der Waals surface area contributed by atoms with Crippen molar-refractivity contribution < 1.29 is 4.39 Å². The highest BCUT2D eigenvalue weighted by atomic mass is 19.1. The summed E-state index contributed by atoms with van der Waals surface area (Å²) in [6.07, 6.45) is 7.79. The largest absolute Gasteiger partial charge is 0.206 e. The molecule has 0 aliphatic heterocycles. The Bertz CT molecular complexity index is 637. The van der Waals surface area contributed by atoms with Crippen molar-refractivity contribution in [3.63, 3.8) is 0 Å². The fraction of sp³-hybridized carbons (Fsp3) is 0.545. The number of allylic oxidation sites excluding steroid dienone is 3. The number of hydrogen-bond acceptors (Lipinski definition) is 0. The van der Waals surface area contributed by atoms with Crippen LogP contribution in [0, 0.1) is 17.7 Å². The van der Waals surface area contributed by atoms with Gasteiger partial charge in [-0.3, -0.25) is 0 Å². The maximum atomic E-state index is 14.3. The summed E-state index contributed by atoms with van der Waals surface area (Å²) in [5.74, 6) is 1.72. The van der Waals surface area contributed by atoms with Crippen LogP contribution in [-0.2, 0) is 0 Å². The van der Waals surface area contributed by atoms with Crippen LogP contribution in [0.2, 0.25) is 0 Å². The zero-order valence-electron chi connectivity index (χ0n) is 14.8. The summed E-state index contributed by atoms with van der Waals surface area (Å²) in [6, 6.07) is 5.75. The standard InChI is InChI=1S/C22H29F/c1-14(2)20-11-10-19(13-22(20)23)16(4)18-9-8-17-7-5-6-15(3)21(17)12-18/h10-11,13,15-16,18H,1,5-9,12H2,2-4H3. The van der Waals surface area contributed by atoms with E-state index in [1.807, 2.05) is 13.0 Å². The van der Waals surface area contributed by atoms with E-state index in [1.54, 1.807) is 17.2 Å². The van der Waals surface area contributed by atoms with Crippen LogP contribution >= 0.6 is 0 Å². The predicted octanol–water partition coefficient (Wildman–Crippen LogP) is 6.88. The van der Waals surface area contributed by atoms with Gasteiger partial charge in [0.2, 0.25) is 0 Å². The molecule has 3 unspecified atom stereocenters. The molecule has 0 nitrogen and oxygen atoms in total. The Morgan fingerprint density at radius 1 is 1.26 bits per heavy atom. The van der Waals surface area contributed by atoms with Crippen molar-refractivity contribution in [3.05, 3.63) is 52.9 Å². The quantitative estimate of drug-likeness (QED) is 0.534. The first-order valence-corrected chi connectivity index (χ1v) is 9.13. The van der Waals surface area contributed by atoms with Gasteiger partial charge in [0.25, 0.3) is 0 Å². The first kappa shape index (κ1) is 16.5. The van der Waals surface area contributed by atoms with E-state index in [-0.39, 0.29) is 5.82 Å². The molecule has 0 fully saturated rings. The Kier molecular flexibility index (Phi) is 4.75. The fourth-order valence-electron chi connectivity index (χ4n) is 4.54. The first-order chi connectivity index (χ1) is 11.0. The van der Waals surface area contributed by atoms with Crippen LogP contribution in [-0.4, -0.2) is 0 Å². The summed E-state index contributed by atoms with van der Waals surface area (Å²) in [5.41, 5.74) is 6.07. The van der Waals surface area contributed by atoms with Gasteiger partial charge in [0.15, 0.2) is 0 Å². The zero-order chi connectivity index (χ0) is 16.6. The maximum absolute atomic E-state index is 14.3. The Balaban J connectivity index is 1.79. The Labute approximate surface area is 140 Å². The minimum atomic E-state index is -0.122. The van der Waals surface area contributed by atoms with Crippen molar-refractivity contribution in [2.45, 2.75) is 65.2 Å². The second-order valence-corrected chi connectivity index (χ2v) is 7.73. The molecule has 0 heterocycles. The van der Waals surface area contributed by atoms with Crippen LogP contribution in [0.4, 0.5) is 4.39 Å². The molecular weight excluding hydrogens is 283 g/mol. The van der Waals surface area contributed by atoms with Crippen LogP contribution < -0.4 is 0 Å². The Morgan fingerprint density at radius 2 is 2.04 bits per heavy atom. The number of rotatable bonds is 3. The summed E-state index contributed by atoms with van der Waals surface area (Å²) >= 11 is 0.